The molecule has 0 N–H and O–H groups in total. The Morgan fingerprint density at radius 1 is 0.958 bits per heavy atom. The molecule has 2 heterocycles. The van der Waals surface area contributed by atoms with Crippen LogP contribution < -0.4 is 4.74 Å². The molecule has 3 aromatic rings. The van der Waals surface area contributed by atoms with Crippen LogP contribution in [0.4, 0.5) is 0 Å². The van der Waals surface area contributed by atoms with Crippen LogP contribution in [-0.2, 0) is 0 Å². The molecule has 0 aliphatic heterocycles. The van der Waals surface area contributed by atoms with E-state index in [1.165, 1.54) is 12.7 Å². The first-order valence-corrected chi connectivity index (χ1v) is 7.61. The number of pyridine rings is 2. The highest BCUT2D eigenvalue weighted by Crippen LogP contribution is 2.33. The van der Waals surface area contributed by atoms with E-state index in [9.17, 15) is 5.26 Å². The van der Waals surface area contributed by atoms with E-state index in [0.717, 1.165) is 22.4 Å². The molecule has 1 aromatic carbocycles. The fraction of sp³-hybridized carbons (Fsp3) is 0.150. The number of benzene rings is 1. The van der Waals surface area contributed by atoms with Gasteiger partial charge < -0.3 is 4.74 Å². The van der Waals surface area contributed by atoms with Gasteiger partial charge >= 0.3 is 0 Å². The molecule has 0 atom stereocenters. The van der Waals surface area contributed by atoms with Gasteiger partial charge in [0.25, 0.3) is 0 Å². The SMILES string of the molecule is COc1nc(-c2cc(C)ccn2)cc(-c2ccc(C)cc2)c1C#N. The minimum absolute atomic E-state index is 0.314. The van der Waals surface area contributed by atoms with Crippen LogP contribution in [0, 0.1) is 25.2 Å². The summed E-state index contributed by atoms with van der Waals surface area (Å²) < 4.78 is 5.35. The number of aromatic nitrogens is 2. The van der Waals surface area contributed by atoms with Crippen molar-refractivity contribution >= 4 is 0 Å². The van der Waals surface area contributed by atoms with Crippen LogP contribution in [0.5, 0.6) is 5.88 Å². The lowest BCUT2D eigenvalue weighted by Crippen LogP contribution is -1.98. The predicted molar refractivity (Wildman–Crippen MR) is 93.6 cm³/mol. The minimum atomic E-state index is 0.314. The molecule has 0 fully saturated rings. The maximum Gasteiger partial charge on any atom is 0.232 e. The average molecular weight is 315 g/mol. The Morgan fingerprint density at radius 3 is 2.33 bits per heavy atom. The molecular weight excluding hydrogens is 298 g/mol. The Hall–Kier alpha value is -3.19. The zero-order valence-electron chi connectivity index (χ0n) is 13.9. The van der Waals surface area contributed by atoms with Gasteiger partial charge in [-0.05, 0) is 43.2 Å². The summed E-state index contributed by atoms with van der Waals surface area (Å²) in [6.07, 6.45) is 1.75. The van der Waals surface area contributed by atoms with Crippen molar-refractivity contribution < 1.29 is 4.74 Å². The molecule has 3 rings (SSSR count). The molecule has 0 unspecified atom stereocenters. The standard InChI is InChI=1S/C20H17N3O/c1-13-4-6-15(7-5-13)16-11-19(18-10-14(2)8-9-22-18)23-20(24-3)17(16)12-21/h4-11H,1-3H3. The van der Waals surface area contributed by atoms with Crippen LogP contribution in [0.2, 0.25) is 0 Å². The first kappa shape index (κ1) is 15.7. The minimum Gasteiger partial charge on any atom is -0.480 e. The first-order valence-electron chi connectivity index (χ1n) is 7.61. The van der Waals surface area contributed by atoms with E-state index in [4.69, 9.17) is 4.74 Å². The molecule has 118 valence electrons. The van der Waals surface area contributed by atoms with Crippen molar-refractivity contribution in [1.29, 1.82) is 5.26 Å². The molecule has 0 saturated heterocycles. The fourth-order valence-corrected chi connectivity index (χ4v) is 2.55. The quantitative estimate of drug-likeness (QED) is 0.722. The van der Waals surface area contributed by atoms with Gasteiger partial charge in [-0.15, -0.1) is 0 Å². The summed E-state index contributed by atoms with van der Waals surface area (Å²) in [5.74, 6) is 0.314. The van der Waals surface area contributed by atoms with Crippen LogP contribution in [0.1, 0.15) is 16.7 Å². The normalized spacial score (nSPS) is 10.2. The molecular formula is C20H17N3O. The Balaban J connectivity index is 2.25. The van der Waals surface area contributed by atoms with Gasteiger partial charge in [-0.1, -0.05) is 29.8 Å². The summed E-state index contributed by atoms with van der Waals surface area (Å²) in [5, 5.41) is 9.57. The summed E-state index contributed by atoms with van der Waals surface area (Å²) in [4.78, 5) is 8.86. The van der Waals surface area contributed by atoms with Crippen LogP contribution in [-0.4, -0.2) is 17.1 Å². The van der Waals surface area contributed by atoms with Crippen LogP contribution in [0.25, 0.3) is 22.5 Å². The highest BCUT2D eigenvalue weighted by Gasteiger charge is 2.16. The van der Waals surface area contributed by atoms with Crippen molar-refractivity contribution in [3.05, 3.63) is 65.4 Å². The van der Waals surface area contributed by atoms with Gasteiger partial charge in [0.05, 0.1) is 18.5 Å². The van der Waals surface area contributed by atoms with Crippen molar-refractivity contribution in [2.24, 2.45) is 0 Å². The largest absolute Gasteiger partial charge is 0.480 e. The predicted octanol–water partition coefficient (Wildman–Crippen LogP) is 4.31. The lowest BCUT2D eigenvalue weighted by molar-refractivity contribution is 0.397. The third kappa shape index (κ3) is 2.97. The van der Waals surface area contributed by atoms with Crippen molar-refractivity contribution in [2.75, 3.05) is 7.11 Å². The Kier molecular flexibility index (Phi) is 4.26. The Labute approximate surface area is 141 Å². The molecule has 0 spiro atoms. The molecule has 0 amide bonds. The summed E-state index contributed by atoms with van der Waals surface area (Å²) in [7, 11) is 1.52. The van der Waals surface area contributed by atoms with Gasteiger partial charge in [-0.3, -0.25) is 4.98 Å². The molecule has 0 aliphatic carbocycles. The van der Waals surface area contributed by atoms with E-state index in [1.807, 2.05) is 56.3 Å². The second kappa shape index (κ2) is 6.51. The zero-order chi connectivity index (χ0) is 17.1. The number of hydrogen-bond acceptors (Lipinski definition) is 4. The van der Waals surface area contributed by atoms with Crippen molar-refractivity contribution in [1.82, 2.24) is 9.97 Å². The number of hydrogen-bond donors (Lipinski definition) is 0. The summed E-state index contributed by atoms with van der Waals surface area (Å²) in [5.41, 5.74) is 5.88. The lowest BCUT2D eigenvalue weighted by Gasteiger charge is -2.11. The van der Waals surface area contributed by atoms with Gasteiger partial charge in [0.15, 0.2) is 0 Å². The second-order valence-electron chi connectivity index (χ2n) is 5.64. The summed E-state index contributed by atoms with van der Waals surface area (Å²) in [6.45, 7) is 4.04. The first-order chi connectivity index (χ1) is 11.6. The molecule has 2 aromatic heterocycles. The van der Waals surface area contributed by atoms with Gasteiger partial charge in [0.2, 0.25) is 5.88 Å². The van der Waals surface area contributed by atoms with Crippen molar-refractivity contribution in [3.8, 4) is 34.5 Å². The van der Waals surface area contributed by atoms with Crippen LogP contribution >= 0.6 is 0 Å². The average Bonchev–Trinajstić information content (AvgIpc) is 2.61. The van der Waals surface area contributed by atoms with E-state index in [-0.39, 0.29) is 0 Å². The molecule has 0 saturated carbocycles. The molecule has 0 bridgehead atoms. The summed E-state index contributed by atoms with van der Waals surface area (Å²) >= 11 is 0. The Bertz CT molecular complexity index is 925. The van der Waals surface area contributed by atoms with Crippen molar-refractivity contribution in [2.45, 2.75) is 13.8 Å². The smallest absolute Gasteiger partial charge is 0.232 e. The van der Waals surface area contributed by atoms with E-state index in [0.29, 0.717) is 17.1 Å². The number of nitrogens with zero attached hydrogens (tertiary/aromatic N) is 3. The molecule has 4 heteroatoms. The highest BCUT2D eigenvalue weighted by molar-refractivity contribution is 5.77. The number of aryl methyl sites for hydroxylation is 2. The third-order valence-corrected chi connectivity index (χ3v) is 3.83. The highest BCUT2D eigenvalue weighted by atomic mass is 16.5. The topological polar surface area (TPSA) is 58.8 Å². The van der Waals surface area contributed by atoms with Crippen LogP contribution in [0.15, 0.2) is 48.7 Å². The number of rotatable bonds is 3. The monoisotopic (exact) mass is 315 g/mol. The zero-order valence-corrected chi connectivity index (χ0v) is 13.9. The summed E-state index contributed by atoms with van der Waals surface area (Å²) in [6, 6.07) is 16.0. The van der Waals surface area contributed by atoms with E-state index in [1.54, 1.807) is 6.20 Å². The van der Waals surface area contributed by atoms with Gasteiger partial charge in [-0.2, -0.15) is 5.26 Å². The molecule has 24 heavy (non-hydrogen) atoms. The molecule has 0 aliphatic rings. The maximum absolute atomic E-state index is 9.57. The van der Waals surface area contributed by atoms with E-state index >= 15 is 0 Å². The fourth-order valence-electron chi connectivity index (χ4n) is 2.55. The second-order valence-corrected chi connectivity index (χ2v) is 5.64. The molecule has 0 radical (unpaired) electrons. The van der Waals surface area contributed by atoms with E-state index < -0.39 is 0 Å². The van der Waals surface area contributed by atoms with Gasteiger partial charge in [-0.25, -0.2) is 4.98 Å². The third-order valence-electron chi connectivity index (χ3n) is 3.83. The van der Waals surface area contributed by atoms with Crippen LogP contribution in [0.3, 0.4) is 0 Å². The van der Waals surface area contributed by atoms with Gasteiger partial charge in [0.1, 0.15) is 11.6 Å². The molecule has 4 nitrogen and oxygen atoms in total. The number of ether oxygens (including phenoxy) is 1. The lowest BCUT2D eigenvalue weighted by atomic mass is 9.99. The maximum atomic E-state index is 9.57. The van der Waals surface area contributed by atoms with E-state index in [2.05, 4.69) is 16.0 Å². The Morgan fingerprint density at radius 2 is 1.71 bits per heavy atom. The van der Waals surface area contributed by atoms with Crippen molar-refractivity contribution in [3.63, 3.8) is 0 Å². The van der Waals surface area contributed by atoms with Gasteiger partial charge in [0, 0.05) is 11.8 Å². The number of nitriles is 1. The number of methoxy groups -OCH3 is 1.